The molecule has 0 radical (unpaired) electrons. The number of nitrogens with zero attached hydrogens (tertiary/aromatic N) is 3. The van der Waals surface area contributed by atoms with Crippen molar-refractivity contribution in [3.05, 3.63) is 58.1 Å². The van der Waals surface area contributed by atoms with Gasteiger partial charge in [-0.1, -0.05) is 48.8 Å². The van der Waals surface area contributed by atoms with Gasteiger partial charge in [0.1, 0.15) is 5.82 Å². The Morgan fingerprint density at radius 2 is 1.62 bits per heavy atom. The maximum Gasteiger partial charge on any atom is 0.225 e. The van der Waals surface area contributed by atoms with Crippen molar-refractivity contribution in [2.24, 2.45) is 5.92 Å². The van der Waals surface area contributed by atoms with E-state index in [4.69, 9.17) is 33.2 Å². The second-order valence-corrected chi connectivity index (χ2v) is 9.29. The third-order valence-electron chi connectivity index (χ3n) is 5.98. The highest BCUT2D eigenvalue weighted by molar-refractivity contribution is 6.35. The van der Waals surface area contributed by atoms with Crippen LogP contribution < -0.4 is 15.5 Å². The first kappa shape index (κ1) is 24.6. The van der Waals surface area contributed by atoms with Gasteiger partial charge in [-0.3, -0.25) is 0 Å². The van der Waals surface area contributed by atoms with E-state index in [9.17, 15) is 0 Å². The van der Waals surface area contributed by atoms with Crippen LogP contribution in [0.2, 0.25) is 10.0 Å². The standard InChI is InChI=1S/C24H29Cl2N5.CH4/c1-31(2)23-18-6-3-4-9-22(18)29-24(30-23)28-17-12-10-16(11-13-17)14-27-15-19-20(25)7-5-8-21(19)26;/h3-9,16-17,27H,10-15H2,1-2H3,(H,28,29,30);1H4. The highest BCUT2D eigenvalue weighted by Gasteiger charge is 2.22. The van der Waals surface area contributed by atoms with Gasteiger partial charge in [0, 0.05) is 47.7 Å². The van der Waals surface area contributed by atoms with Gasteiger partial charge in [0.25, 0.3) is 0 Å². The Hall–Kier alpha value is -2.08. The summed E-state index contributed by atoms with van der Waals surface area (Å²) in [7, 11) is 4.04. The molecule has 1 aliphatic rings. The molecule has 5 nitrogen and oxygen atoms in total. The molecule has 0 unspecified atom stereocenters. The van der Waals surface area contributed by atoms with E-state index in [1.165, 1.54) is 12.8 Å². The second-order valence-electron chi connectivity index (χ2n) is 8.48. The van der Waals surface area contributed by atoms with Crippen molar-refractivity contribution < 1.29 is 0 Å². The number of fused-ring (bicyclic) bond motifs is 1. The fourth-order valence-corrected chi connectivity index (χ4v) is 4.79. The number of para-hydroxylation sites is 1. The molecule has 4 rings (SSSR count). The Morgan fingerprint density at radius 1 is 0.938 bits per heavy atom. The van der Waals surface area contributed by atoms with Crippen LogP contribution in [0.5, 0.6) is 0 Å². The molecule has 2 aromatic carbocycles. The third-order valence-corrected chi connectivity index (χ3v) is 6.69. The SMILES string of the molecule is C.CN(C)c1nc(NC2CCC(CNCc3c(Cl)cccc3Cl)CC2)nc2ccccc12. The van der Waals surface area contributed by atoms with E-state index in [1.807, 2.05) is 55.4 Å². The lowest BCUT2D eigenvalue weighted by molar-refractivity contribution is 0.324. The first-order chi connectivity index (χ1) is 15.0. The fourth-order valence-electron chi connectivity index (χ4n) is 4.26. The summed E-state index contributed by atoms with van der Waals surface area (Å²) in [6, 6.07) is 14.2. The third kappa shape index (κ3) is 5.83. The maximum absolute atomic E-state index is 6.27. The van der Waals surface area contributed by atoms with Crippen LogP contribution in [0.4, 0.5) is 11.8 Å². The summed E-state index contributed by atoms with van der Waals surface area (Å²) in [5.74, 6) is 2.33. The van der Waals surface area contributed by atoms with Crippen molar-refractivity contribution in [3.8, 4) is 0 Å². The average Bonchev–Trinajstić information content (AvgIpc) is 2.76. The number of halogens is 2. The molecule has 1 aliphatic carbocycles. The zero-order valence-corrected chi connectivity index (χ0v) is 19.5. The summed E-state index contributed by atoms with van der Waals surface area (Å²) >= 11 is 12.5. The second kappa shape index (κ2) is 11.2. The van der Waals surface area contributed by atoms with Crippen LogP contribution in [0.15, 0.2) is 42.5 Å². The van der Waals surface area contributed by atoms with Gasteiger partial charge in [0.15, 0.2) is 0 Å². The van der Waals surface area contributed by atoms with E-state index < -0.39 is 0 Å². The Balaban J connectivity index is 0.00000289. The molecule has 1 heterocycles. The summed E-state index contributed by atoms with van der Waals surface area (Å²) in [6.45, 7) is 1.68. The topological polar surface area (TPSA) is 53.1 Å². The van der Waals surface area contributed by atoms with Gasteiger partial charge in [0.2, 0.25) is 5.95 Å². The lowest BCUT2D eigenvalue weighted by Gasteiger charge is -2.29. The monoisotopic (exact) mass is 473 g/mol. The molecule has 0 amide bonds. The van der Waals surface area contributed by atoms with Crippen molar-refractivity contribution in [2.45, 2.75) is 45.7 Å². The summed E-state index contributed by atoms with van der Waals surface area (Å²) < 4.78 is 0. The first-order valence-corrected chi connectivity index (χ1v) is 11.6. The number of anilines is 2. The minimum absolute atomic E-state index is 0. The predicted molar refractivity (Wildman–Crippen MR) is 138 cm³/mol. The number of nitrogens with one attached hydrogen (secondary N) is 2. The minimum Gasteiger partial charge on any atom is -0.362 e. The molecule has 3 aromatic rings. The van der Waals surface area contributed by atoms with Crippen LogP contribution in [0.1, 0.15) is 38.7 Å². The lowest BCUT2D eigenvalue weighted by atomic mass is 9.86. The molecule has 0 aliphatic heterocycles. The van der Waals surface area contributed by atoms with E-state index in [1.54, 1.807) is 0 Å². The number of benzene rings is 2. The van der Waals surface area contributed by atoms with Crippen molar-refractivity contribution in [2.75, 3.05) is 30.9 Å². The van der Waals surface area contributed by atoms with Crippen LogP contribution in [0.3, 0.4) is 0 Å². The Labute approximate surface area is 201 Å². The molecule has 2 N–H and O–H groups in total. The smallest absolute Gasteiger partial charge is 0.225 e. The van der Waals surface area contributed by atoms with Gasteiger partial charge in [-0.15, -0.1) is 0 Å². The van der Waals surface area contributed by atoms with Crippen molar-refractivity contribution in [3.63, 3.8) is 0 Å². The van der Waals surface area contributed by atoms with Crippen LogP contribution in [-0.2, 0) is 6.54 Å². The molecule has 1 aromatic heterocycles. The van der Waals surface area contributed by atoms with Gasteiger partial charge in [0.05, 0.1) is 5.52 Å². The Morgan fingerprint density at radius 3 is 2.31 bits per heavy atom. The van der Waals surface area contributed by atoms with Crippen molar-refractivity contribution in [1.82, 2.24) is 15.3 Å². The number of hydrogen-bond donors (Lipinski definition) is 2. The molecule has 1 fully saturated rings. The van der Waals surface area contributed by atoms with Crippen LogP contribution in [0, 0.1) is 5.92 Å². The molecule has 172 valence electrons. The summed E-state index contributed by atoms with van der Waals surface area (Å²) in [4.78, 5) is 11.6. The first-order valence-electron chi connectivity index (χ1n) is 10.9. The Kier molecular flexibility index (Phi) is 8.57. The lowest BCUT2D eigenvalue weighted by Crippen LogP contribution is -2.31. The number of rotatable bonds is 7. The highest BCUT2D eigenvalue weighted by atomic mass is 35.5. The van der Waals surface area contributed by atoms with Crippen molar-refractivity contribution in [1.29, 1.82) is 0 Å². The summed E-state index contributed by atoms with van der Waals surface area (Å²) in [6.07, 6.45) is 4.59. The van der Waals surface area contributed by atoms with E-state index >= 15 is 0 Å². The van der Waals surface area contributed by atoms with Crippen molar-refractivity contribution >= 4 is 45.9 Å². The molecule has 0 bridgehead atoms. The van der Waals surface area contributed by atoms with Gasteiger partial charge in [-0.2, -0.15) is 4.98 Å². The van der Waals surface area contributed by atoms with Crippen LogP contribution >= 0.6 is 23.2 Å². The van der Waals surface area contributed by atoms with E-state index in [0.717, 1.165) is 57.7 Å². The van der Waals surface area contributed by atoms with Gasteiger partial charge >= 0.3 is 0 Å². The van der Waals surface area contributed by atoms with E-state index in [-0.39, 0.29) is 7.43 Å². The fraction of sp³-hybridized carbons (Fsp3) is 0.440. The summed E-state index contributed by atoms with van der Waals surface area (Å²) in [5.41, 5.74) is 1.95. The average molecular weight is 474 g/mol. The number of hydrogen-bond acceptors (Lipinski definition) is 5. The molecule has 0 spiro atoms. The molecular weight excluding hydrogens is 441 g/mol. The summed E-state index contributed by atoms with van der Waals surface area (Å²) in [5, 5.41) is 9.64. The molecular formula is C25H33Cl2N5. The Bertz CT molecular complexity index is 1010. The number of aromatic nitrogens is 2. The molecule has 0 saturated heterocycles. The van der Waals surface area contributed by atoms with Crippen LogP contribution in [0.25, 0.3) is 10.9 Å². The largest absolute Gasteiger partial charge is 0.362 e. The van der Waals surface area contributed by atoms with Gasteiger partial charge in [-0.25, -0.2) is 4.98 Å². The highest BCUT2D eigenvalue weighted by Crippen LogP contribution is 2.29. The van der Waals surface area contributed by atoms with Crippen LogP contribution in [-0.4, -0.2) is 36.6 Å². The predicted octanol–water partition coefficient (Wildman–Crippen LogP) is 6.40. The molecule has 1 saturated carbocycles. The van der Waals surface area contributed by atoms with E-state index in [0.29, 0.717) is 18.5 Å². The molecule has 32 heavy (non-hydrogen) atoms. The van der Waals surface area contributed by atoms with E-state index in [2.05, 4.69) is 16.7 Å². The zero-order chi connectivity index (χ0) is 21.8. The quantitative estimate of drug-likeness (QED) is 0.415. The van der Waals surface area contributed by atoms with Gasteiger partial charge in [-0.05, 0) is 62.4 Å². The minimum atomic E-state index is 0. The molecule has 0 atom stereocenters. The van der Waals surface area contributed by atoms with Gasteiger partial charge < -0.3 is 15.5 Å². The normalized spacial score (nSPS) is 18.2. The zero-order valence-electron chi connectivity index (χ0n) is 18.0. The molecule has 7 heteroatoms. The maximum atomic E-state index is 6.27.